The van der Waals surface area contributed by atoms with Crippen molar-refractivity contribution in [2.45, 2.75) is 32.2 Å². The topological polar surface area (TPSA) is 103 Å². The van der Waals surface area contributed by atoms with E-state index in [0.29, 0.717) is 23.3 Å². The highest BCUT2D eigenvalue weighted by atomic mass is 32.1. The summed E-state index contributed by atoms with van der Waals surface area (Å²) in [5, 5.41) is 11.3. The van der Waals surface area contributed by atoms with Gasteiger partial charge in [-0.2, -0.15) is 0 Å². The predicted molar refractivity (Wildman–Crippen MR) is 80.4 cm³/mol. The molecule has 2 heterocycles. The van der Waals surface area contributed by atoms with Crippen LogP contribution in [0, 0.1) is 0 Å². The highest BCUT2D eigenvalue weighted by Crippen LogP contribution is 2.32. The molecule has 8 heteroatoms. The molecule has 0 fully saturated rings. The molecule has 2 aromatic rings. The Bertz CT molecular complexity index is 736. The quantitative estimate of drug-likeness (QED) is 0.815. The van der Waals surface area contributed by atoms with Crippen LogP contribution in [-0.2, 0) is 24.2 Å². The summed E-state index contributed by atoms with van der Waals surface area (Å²) in [5.41, 5.74) is 6.22. The molecule has 2 aromatic heterocycles. The van der Waals surface area contributed by atoms with Crippen molar-refractivity contribution in [3.05, 3.63) is 20.8 Å². The molecule has 3 N–H and O–H groups in total. The lowest BCUT2D eigenvalue weighted by molar-refractivity contribution is -0.121. The van der Waals surface area contributed by atoms with E-state index in [9.17, 15) is 9.59 Å². The van der Waals surface area contributed by atoms with Crippen molar-refractivity contribution >= 4 is 27.5 Å². The van der Waals surface area contributed by atoms with Crippen LogP contribution in [0.3, 0.4) is 0 Å². The molecule has 0 spiro atoms. The lowest BCUT2D eigenvalue weighted by Crippen LogP contribution is -2.36. The van der Waals surface area contributed by atoms with Crippen LogP contribution >= 0.6 is 11.3 Å². The summed E-state index contributed by atoms with van der Waals surface area (Å²) >= 11 is 1.55. The summed E-state index contributed by atoms with van der Waals surface area (Å²) in [4.78, 5) is 26.2. The number of nitrogens with zero attached hydrogens (tertiary/aromatic N) is 3. The van der Waals surface area contributed by atoms with Crippen molar-refractivity contribution in [2.75, 3.05) is 13.1 Å². The maximum Gasteiger partial charge on any atom is 0.279 e. The van der Waals surface area contributed by atoms with E-state index >= 15 is 0 Å². The normalized spacial score (nSPS) is 14.1. The second-order valence-corrected chi connectivity index (χ2v) is 6.17. The van der Waals surface area contributed by atoms with Crippen LogP contribution in [0.25, 0.3) is 10.2 Å². The number of aryl methyl sites for hydroxylation is 2. The molecule has 0 unspecified atom stereocenters. The minimum Gasteiger partial charge on any atom is -0.353 e. The smallest absolute Gasteiger partial charge is 0.279 e. The van der Waals surface area contributed by atoms with Crippen LogP contribution in [0.1, 0.15) is 23.3 Å². The van der Waals surface area contributed by atoms with Crippen molar-refractivity contribution < 1.29 is 4.79 Å². The molecule has 0 aliphatic heterocycles. The minimum atomic E-state index is -0.278. The first-order valence-electron chi connectivity index (χ1n) is 7.05. The van der Waals surface area contributed by atoms with Gasteiger partial charge in [-0.15, -0.1) is 16.4 Å². The summed E-state index contributed by atoms with van der Waals surface area (Å²) in [6.07, 6.45) is 4.17. The number of amides is 1. The Hall–Kier alpha value is -1.80. The number of aromatic nitrogens is 3. The van der Waals surface area contributed by atoms with Crippen molar-refractivity contribution in [3.8, 4) is 0 Å². The van der Waals surface area contributed by atoms with Gasteiger partial charge in [0.15, 0.2) is 4.83 Å². The van der Waals surface area contributed by atoms with E-state index in [0.717, 1.165) is 35.9 Å². The van der Waals surface area contributed by atoms with Gasteiger partial charge in [-0.05, 0) is 31.2 Å². The number of carbonyl (C=O) groups is 1. The number of nitrogens with one attached hydrogen (secondary N) is 1. The number of thiophene rings is 1. The Kier molecular flexibility index (Phi) is 3.98. The van der Waals surface area contributed by atoms with E-state index in [1.807, 2.05) is 0 Å². The standard InChI is InChI=1S/C13H17N5O2S/c14-5-6-15-10(19)7-18-13(20)11-8-3-1-2-4-9(8)21-12(11)16-17-18/h1-7,14H2,(H,15,19). The van der Waals surface area contributed by atoms with Crippen LogP contribution in [-0.4, -0.2) is 34.0 Å². The fraction of sp³-hybridized carbons (Fsp3) is 0.538. The molecule has 0 saturated heterocycles. The predicted octanol–water partition coefficient (Wildman–Crippen LogP) is -0.193. The zero-order valence-electron chi connectivity index (χ0n) is 11.6. The minimum absolute atomic E-state index is 0.119. The Morgan fingerprint density at radius 2 is 2.19 bits per heavy atom. The molecule has 1 amide bonds. The third-order valence-electron chi connectivity index (χ3n) is 3.60. The van der Waals surface area contributed by atoms with Gasteiger partial charge >= 0.3 is 0 Å². The zero-order chi connectivity index (χ0) is 14.8. The molecule has 112 valence electrons. The van der Waals surface area contributed by atoms with Gasteiger partial charge in [0.25, 0.3) is 5.56 Å². The molecular formula is C13H17N5O2S. The van der Waals surface area contributed by atoms with Gasteiger partial charge in [0.1, 0.15) is 6.54 Å². The molecule has 7 nitrogen and oxygen atoms in total. The maximum atomic E-state index is 12.5. The lowest BCUT2D eigenvalue weighted by Gasteiger charge is -2.10. The maximum absolute atomic E-state index is 12.5. The number of rotatable bonds is 4. The Labute approximate surface area is 125 Å². The van der Waals surface area contributed by atoms with Gasteiger partial charge in [0, 0.05) is 18.0 Å². The van der Waals surface area contributed by atoms with Crippen LogP contribution in [0.4, 0.5) is 0 Å². The molecule has 1 aliphatic rings. The summed E-state index contributed by atoms with van der Waals surface area (Å²) in [5.74, 6) is -0.278. The number of hydrogen-bond acceptors (Lipinski definition) is 6. The zero-order valence-corrected chi connectivity index (χ0v) is 12.4. The third-order valence-corrected chi connectivity index (χ3v) is 4.78. The van der Waals surface area contributed by atoms with Crippen LogP contribution in [0.2, 0.25) is 0 Å². The molecule has 1 aliphatic carbocycles. The molecule has 21 heavy (non-hydrogen) atoms. The van der Waals surface area contributed by atoms with Crippen molar-refractivity contribution in [1.82, 2.24) is 20.3 Å². The number of carbonyl (C=O) groups excluding carboxylic acids is 1. The monoisotopic (exact) mass is 307 g/mol. The van der Waals surface area contributed by atoms with Crippen LogP contribution in [0.15, 0.2) is 4.79 Å². The van der Waals surface area contributed by atoms with Crippen molar-refractivity contribution in [3.63, 3.8) is 0 Å². The van der Waals surface area contributed by atoms with E-state index in [1.165, 1.54) is 4.88 Å². The SMILES string of the molecule is NCCNC(=O)Cn1nnc2sc3c(c2c1=O)CCCC3. The summed E-state index contributed by atoms with van der Waals surface area (Å²) < 4.78 is 1.13. The summed E-state index contributed by atoms with van der Waals surface area (Å²) in [6.45, 7) is 0.632. The largest absolute Gasteiger partial charge is 0.353 e. The first kappa shape index (κ1) is 14.2. The third kappa shape index (κ3) is 2.68. The fourth-order valence-electron chi connectivity index (χ4n) is 2.61. The molecule has 3 rings (SSSR count). The molecule has 0 bridgehead atoms. The average molecular weight is 307 g/mol. The second kappa shape index (κ2) is 5.90. The highest BCUT2D eigenvalue weighted by molar-refractivity contribution is 7.18. The van der Waals surface area contributed by atoms with Gasteiger partial charge in [0.2, 0.25) is 5.91 Å². The molecule has 0 aromatic carbocycles. The van der Waals surface area contributed by atoms with E-state index in [1.54, 1.807) is 11.3 Å². The Balaban J connectivity index is 1.96. The molecular weight excluding hydrogens is 290 g/mol. The van der Waals surface area contributed by atoms with Gasteiger partial charge in [0.05, 0.1) is 5.39 Å². The number of fused-ring (bicyclic) bond motifs is 3. The van der Waals surface area contributed by atoms with Gasteiger partial charge in [-0.1, -0.05) is 5.21 Å². The highest BCUT2D eigenvalue weighted by Gasteiger charge is 2.21. The Morgan fingerprint density at radius 1 is 1.38 bits per heavy atom. The molecule has 0 saturated carbocycles. The molecule has 0 atom stereocenters. The summed E-state index contributed by atoms with van der Waals surface area (Å²) in [6, 6.07) is 0. The van der Waals surface area contributed by atoms with Crippen LogP contribution in [0.5, 0.6) is 0 Å². The average Bonchev–Trinajstić information content (AvgIpc) is 2.87. The summed E-state index contributed by atoms with van der Waals surface area (Å²) in [7, 11) is 0. The van der Waals surface area contributed by atoms with E-state index in [-0.39, 0.29) is 18.0 Å². The lowest BCUT2D eigenvalue weighted by atomic mass is 9.97. The first-order valence-corrected chi connectivity index (χ1v) is 7.87. The number of hydrogen-bond donors (Lipinski definition) is 2. The van der Waals surface area contributed by atoms with E-state index < -0.39 is 0 Å². The van der Waals surface area contributed by atoms with E-state index in [2.05, 4.69) is 15.6 Å². The molecule has 0 radical (unpaired) electrons. The number of nitrogens with two attached hydrogens (primary N) is 1. The van der Waals surface area contributed by atoms with Gasteiger partial charge in [-0.25, -0.2) is 4.68 Å². The van der Waals surface area contributed by atoms with Crippen molar-refractivity contribution in [1.29, 1.82) is 0 Å². The van der Waals surface area contributed by atoms with Crippen molar-refractivity contribution in [2.24, 2.45) is 5.73 Å². The van der Waals surface area contributed by atoms with Crippen LogP contribution < -0.4 is 16.6 Å². The second-order valence-electron chi connectivity index (χ2n) is 5.08. The van der Waals surface area contributed by atoms with Gasteiger partial charge < -0.3 is 11.1 Å². The van der Waals surface area contributed by atoms with Gasteiger partial charge in [-0.3, -0.25) is 9.59 Å². The fourth-order valence-corrected chi connectivity index (χ4v) is 3.81. The van der Waals surface area contributed by atoms with E-state index in [4.69, 9.17) is 5.73 Å². The Morgan fingerprint density at radius 3 is 3.00 bits per heavy atom. The first-order chi connectivity index (χ1) is 10.2.